The maximum atomic E-state index is 12.2. The van der Waals surface area contributed by atoms with E-state index >= 15 is 0 Å². The van der Waals surface area contributed by atoms with E-state index in [1.165, 1.54) is 11.8 Å². The zero-order chi connectivity index (χ0) is 21.1. The third-order valence-electron chi connectivity index (χ3n) is 4.78. The molecule has 0 saturated carbocycles. The van der Waals surface area contributed by atoms with Crippen LogP contribution in [0.3, 0.4) is 0 Å². The Morgan fingerprint density at radius 1 is 1.27 bits per heavy atom. The topological polar surface area (TPSA) is 111 Å². The maximum Gasteiger partial charge on any atom is 0.277 e. The second-order valence-corrected chi connectivity index (χ2v) is 8.25. The van der Waals surface area contributed by atoms with Crippen molar-refractivity contribution in [2.75, 3.05) is 11.1 Å². The maximum absolute atomic E-state index is 12.2. The zero-order valence-electron chi connectivity index (χ0n) is 16.3. The molecule has 5 N–H and O–H groups in total. The molecular weight excluding hydrogens is 422 g/mol. The summed E-state index contributed by atoms with van der Waals surface area (Å²) in [5, 5.41) is 13.1. The highest BCUT2D eigenvalue weighted by atomic mass is 35.5. The Labute approximate surface area is 182 Å². The van der Waals surface area contributed by atoms with Crippen molar-refractivity contribution in [2.24, 2.45) is 0 Å². The number of aromatic nitrogens is 3. The molecule has 1 unspecified atom stereocenters. The number of carbonyl (C=O) groups excluding carboxylic acids is 1. The standard InChI is InChI=1S/C21H20ClN5O2S/c1-12-15(22)6-4-8-17(12)25-19(28)11-30-21-27-26-20(29-21)16(23)9-13-10-24-18-7-3-2-5-14(13)18/h2-8,10,16,24H,9,11,23H2,1H3,(H,25,28)/p+1. The highest BCUT2D eigenvalue weighted by Gasteiger charge is 2.21. The van der Waals surface area contributed by atoms with Crippen molar-refractivity contribution in [3.63, 3.8) is 0 Å². The fourth-order valence-electron chi connectivity index (χ4n) is 3.15. The van der Waals surface area contributed by atoms with Crippen molar-refractivity contribution in [3.05, 3.63) is 70.7 Å². The molecule has 9 heteroatoms. The molecule has 1 atom stereocenters. The number of thioether (sulfide) groups is 1. The van der Waals surface area contributed by atoms with E-state index in [1.54, 1.807) is 12.1 Å². The van der Waals surface area contributed by atoms with Gasteiger partial charge in [-0.2, -0.15) is 0 Å². The first-order chi connectivity index (χ1) is 14.5. The highest BCUT2D eigenvalue weighted by molar-refractivity contribution is 7.99. The summed E-state index contributed by atoms with van der Waals surface area (Å²) in [5.74, 6) is 0.432. The van der Waals surface area contributed by atoms with Crippen LogP contribution in [-0.4, -0.2) is 26.8 Å². The van der Waals surface area contributed by atoms with E-state index in [2.05, 4.69) is 32.3 Å². The van der Waals surface area contributed by atoms with Gasteiger partial charge in [0.15, 0.2) is 6.04 Å². The number of nitrogens with zero attached hydrogens (tertiary/aromatic N) is 2. The molecule has 0 aliphatic rings. The van der Waals surface area contributed by atoms with E-state index in [0.717, 1.165) is 22.0 Å². The number of hydrogen-bond acceptors (Lipinski definition) is 5. The van der Waals surface area contributed by atoms with Crippen LogP contribution in [0.15, 0.2) is 58.3 Å². The summed E-state index contributed by atoms with van der Waals surface area (Å²) >= 11 is 7.28. The number of nitrogens with one attached hydrogen (secondary N) is 2. The summed E-state index contributed by atoms with van der Waals surface area (Å²) in [7, 11) is 0. The van der Waals surface area contributed by atoms with Gasteiger partial charge in [0, 0.05) is 34.2 Å². The van der Waals surface area contributed by atoms with Crippen molar-refractivity contribution in [1.29, 1.82) is 0 Å². The predicted molar refractivity (Wildman–Crippen MR) is 117 cm³/mol. The lowest BCUT2D eigenvalue weighted by Crippen LogP contribution is -2.54. The highest BCUT2D eigenvalue weighted by Crippen LogP contribution is 2.25. The SMILES string of the molecule is Cc1c(Cl)cccc1NC(=O)CSc1nnc(C([NH3+])Cc2c[nH]c3ccccc23)o1. The summed E-state index contributed by atoms with van der Waals surface area (Å²) in [6.07, 6.45) is 2.65. The monoisotopic (exact) mass is 442 g/mol. The van der Waals surface area contributed by atoms with Crippen LogP contribution in [0.25, 0.3) is 10.9 Å². The molecule has 0 bridgehead atoms. The van der Waals surface area contributed by atoms with E-state index < -0.39 is 0 Å². The van der Waals surface area contributed by atoms with Crippen molar-refractivity contribution in [3.8, 4) is 0 Å². The van der Waals surface area contributed by atoms with Gasteiger partial charge in [0.2, 0.25) is 5.91 Å². The van der Waals surface area contributed by atoms with E-state index in [9.17, 15) is 4.79 Å². The van der Waals surface area contributed by atoms with Gasteiger partial charge in [-0.1, -0.05) is 47.6 Å². The number of H-pyrrole nitrogens is 1. The molecule has 154 valence electrons. The van der Waals surface area contributed by atoms with Gasteiger partial charge in [-0.25, -0.2) is 0 Å². The van der Waals surface area contributed by atoms with Crippen molar-refractivity contribution in [2.45, 2.75) is 24.6 Å². The van der Waals surface area contributed by atoms with Crippen LogP contribution < -0.4 is 11.1 Å². The van der Waals surface area contributed by atoms with Gasteiger partial charge in [-0.05, 0) is 36.2 Å². The predicted octanol–water partition coefficient (Wildman–Crippen LogP) is 3.77. The molecule has 2 heterocycles. The molecule has 2 aromatic carbocycles. The summed E-state index contributed by atoms with van der Waals surface area (Å²) < 4.78 is 5.72. The Bertz CT molecular complexity index is 1190. The van der Waals surface area contributed by atoms with E-state index in [4.69, 9.17) is 16.0 Å². The number of aromatic amines is 1. The number of quaternary nitrogens is 1. The number of fused-ring (bicyclic) bond motifs is 1. The number of carbonyl (C=O) groups is 1. The number of hydrogen-bond donors (Lipinski definition) is 3. The second kappa shape index (κ2) is 8.91. The van der Waals surface area contributed by atoms with Crippen LogP contribution in [0.1, 0.15) is 23.1 Å². The molecule has 0 saturated heterocycles. The molecule has 0 radical (unpaired) electrons. The average molecular weight is 443 g/mol. The van der Waals surface area contributed by atoms with Crippen LogP contribution in [0, 0.1) is 6.92 Å². The number of halogens is 1. The fourth-order valence-corrected chi connectivity index (χ4v) is 3.90. The van der Waals surface area contributed by atoms with Crippen LogP contribution in [0.2, 0.25) is 5.02 Å². The zero-order valence-corrected chi connectivity index (χ0v) is 17.9. The largest absolute Gasteiger partial charge is 0.410 e. The van der Waals surface area contributed by atoms with E-state index in [0.29, 0.717) is 28.2 Å². The summed E-state index contributed by atoms with van der Waals surface area (Å²) in [6, 6.07) is 13.3. The smallest absolute Gasteiger partial charge is 0.277 e. The minimum Gasteiger partial charge on any atom is -0.410 e. The van der Waals surface area contributed by atoms with Gasteiger partial charge < -0.3 is 20.5 Å². The Kier molecular flexibility index (Phi) is 6.08. The lowest BCUT2D eigenvalue weighted by molar-refractivity contribution is -0.431. The second-order valence-electron chi connectivity index (χ2n) is 6.92. The number of amides is 1. The van der Waals surface area contributed by atoms with E-state index in [1.807, 2.05) is 37.4 Å². The quantitative estimate of drug-likeness (QED) is 0.377. The van der Waals surface area contributed by atoms with Gasteiger partial charge in [0.1, 0.15) is 0 Å². The van der Waals surface area contributed by atoms with Gasteiger partial charge in [-0.15, -0.1) is 10.2 Å². The molecule has 0 aliphatic heterocycles. The molecule has 2 aromatic heterocycles. The van der Waals surface area contributed by atoms with Gasteiger partial charge in [-0.3, -0.25) is 4.79 Å². The van der Waals surface area contributed by atoms with Gasteiger partial charge >= 0.3 is 0 Å². The van der Waals surface area contributed by atoms with Crippen LogP contribution >= 0.6 is 23.4 Å². The molecule has 4 aromatic rings. The summed E-state index contributed by atoms with van der Waals surface area (Å²) in [5.41, 5.74) is 7.91. The third-order valence-corrected chi connectivity index (χ3v) is 6.01. The number of benzene rings is 2. The average Bonchev–Trinajstić information content (AvgIpc) is 3.38. The first kappa shape index (κ1) is 20.5. The van der Waals surface area contributed by atoms with Crippen LogP contribution in [0.5, 0.6) is 0 Å². The Hall–Kier alpha value is -2.81. The third kappa shape index (κ3) is 4.51. The van der Waals surface area contributed by atoms with Crippen molar-refractivity contribution >= 4 is 45.9 Å². The molecule has 0 fully saturated rings. The van der Waals surface area contributed by atoms with E-state index in [-0.39, 0.29) is 17.7 Å². The molecule has 0 spiro atoms. The Morgan fingerprint density at radius 2 is 2.10 bits per heavy atom. The molecule has 0 aliphatic carbocycles. The normalized spacial score (nSPS) is 12.2. The number of rotatable bonds is 7. The summed E-state index contributed by atoms with van der Waals surface area (Å²) in [4.78, 5) is 15.5. The van der Waals surface area contributed by atoms with Crippen molar-refractivity contribution < 1.29 is 14.9 Å². The molecule has 7 nitrogen and oxygen atoms in total. The minimum absolute atomic E-state index is 0.151. The van der Waals surface area contributed by atoms with Crippen molar-refractivity contribution in [1.82, 2.24) is 15.2 Å². The van der Waals surface area contributed by atoms with Gasteiger partial charge in [0.05, 0.1) is 5.75 Å². The molecule has 30 heavy (non-hydrogen) atoms. The summed E-state index contributed by atoms with van der Waals surface area (Å²) in [6.45, 7) is 1.86. The first-order valence-corrected chi connectivity index (χ1v) is 10.8. The number of para-hydroxylation sites is 1. The Morgan fingerprint density at radius 3 is 2.97 bits per heavy atom. The minimum atomic E-state index is -0.186. The van der Waals surface area contributed by atoms with Gasteiger partial charge in [0.25, 0.3) is 11.1 Å². The lowest BCUT2D eigenvalue weighted by atomic mass is 10.1. The molecule has 4 rings (SSSR count). The van der Waals surface area contributed by atoms with Crippen LogP contribution in [0.4, 0.5) is 5.69 Å². The lowest BCUT2D eigenvalue weighted by Gasteiger charge is -2.08. The Balaban J connectivity index is 1.34. The number of anilines is 1. The fraction of sp³-hybridized carbons (Fsp3) is 0.190. The first-order valence-electron chi connectivity index (χ1n) is 9.40. The molecule has 1 amide bonds. The molecular formula is C21H21ClN5O2S+. The van der Waals surface area contributed by atoms with Crippen LogP contribution in [-0.2, 0) is 11.2 Å².